The monoisotopic (exact) mass is 389 g/mol. The highest BCUT2D eigenvalue weighted by atomic mass is 32.1. The van der Waals surface area contributed by atoms with Crippen LogP contribution in [0.5, 0.6) is 11.5 Å². The van der Waals surface area contributed by atoms with Gasteiger partial charge in [-0.25, -0.2) is 4.79 Å². The summed E-state index contributed by atoms with van der Waals surface area (Å²) in [5, 5.41) is 3.37. The van der Waals surface area contributed by atoms with E-state index in [4.69, 9.17) is 14.2 Å². The average Bonchev–Trinajstić information content (AvgIpc) is 2.86. The maximum Gasteiger partial charge on any atom is 0.341 e. The van der Waals surface area contributed by atoms with Gasteiger partial charge in [-0.2, -0.15) is 0 Å². The summed E-state index contributed by atoms with van der Waals surface area (Å²) in [6.07, 6.45) is 5.05. The number of nitrogens with one attached hydrogen (secondary N) is 1. The maximum atomic E-state index is 12.4. The molecule has 0 saturated carbocycles. The summed E-state index contributed by atoms with van der Waals surface area (Å²) in [7, 11) is 2.91. The standard InChI is InChI=1S/C20H23NO5S/c1-24-14-9-6-7-10-15(14)26-12-17(22)21-19-18(20(23)25-2)13-8-4-3-5-11-16(13)27-19/h6-7,9-10H,3-5,8,11-12H2,1-2H3,(H,21,22). The number of para-hydroxylation sites is 2. The van der Waals surface area contributed by atoms with E-state index in [1.54, 1.807) is 25.3 Å². The second-order valence-corrected chi connectivity index (χ2v) is 7.35. The van der Waals surface area contributed by atoms with Crippen LogP contribution in [-0.2, 0) is 22.4 Å². The minimum absolute atomic E-state index is 0.177. The number of carbonyl (C=O) groups is 2. The predicted octanol–water partition coefficient (Wildman–Crippen LogP) is 3.83. The lowest BCUT2D eigenvalue weighted by Gasteiger charge is -2.11. The minimum Gasteiger partial charge on any atom is -0.493 e. The topological polar surface area (TPSA) is 73.9 Å². The van der Waals surface area contributed by atoms with Gasteiger partial charge in [0, 0.05) is 4.88 Å². The normalized spacial score (nSPS) is 13.3. The third-order valence-corrected chi connectivity index (χ3v) is 5.70. The van der Waals surface area contributed by atoms with Gasteiger partial charge in [-0.1, -0.05) is 18.6 Å². The van der Waals surface area contributed by atoms with Crippen LogP contribution < -0.4 is 14.8 Å². The first-order valence-corrected chi connectivity index (χ1v) is 9.74. The van der Waals surface area contributed by atoms with Crippen LogP contribution in [-0.4, -0.2) is 32.7 Å². The fourth-order valence-corrected chi connectivity index (χ4v) is 4.49. The van der Waals surface area contributed by atoms with Crippen molar-refractivity contribution in [1.82, 2.24) is 0 Å². The number of benzene rings is 1. The molecule has 0 saturated heterocycles. The molecule has 1 aliphatic carbocycles. The zero-order chi connectivity index (χ0) is 19.2. The molecule has 2 aromatic rings. The molecule has 6 nitrogen and oxygen atoms in total. The first-order valence-electron chi connectivity index (χ1n) is 8.92. The van der Waals surface area contributed by atoms with Crippen molar-refractivity contribution in [3.63, 3.8) is 0 Å². The van der Waals surface area contributed by atoms with Crippen molar-refractivity contribution in [2.75, 3.05) is 26.1 Å². The van der Waals surface area contributed by atoms with E-state index < -0.39 is 5.97 Å². The number of hydrogen-bond acceptors (Lipinski definition) is 6. The van der Waals surface area contributed by atoms with Gasteiger partial charge in [-0.3, -0.25) is 4.79 Å². The van der Waals surface area contributed by atoms with Crippen LogP contribution in [0.15, 0.2) is 24.3 Å². The summed E-state index contributed by atoms with van der Waals surface area (Å²) in [6.45, 7) is -0.177. The number of aryl methyl sites for hydroxylation is 1. The Balaban J connectivity index is 1.74. The number of fused-ring (bicyclic) bond motifs is 1. The zero-order valence-electron chi connectivity index (χ0n) is 15.5. The molecular weight excluding hydrogens is 366 g/mol. The molecule has 3 rings (SSSR count). The number of rotatable bonds is 6. The first-order chi connectivity index (χ1) is 13.1. The van der Waals surface area contributed by atoms with E-state index in [1.807, 2.05) is 6.07 Å². The van der Waals surface area contributed by atoms with Crippen molar-refractivity contribution in [3.8, 4) is 11.5 Å². The Morgan fingerprint density at radius 3 is 2.56 bits per heavy atom. The molecule has 1 aromatic heterocycles. The minimum atomic E-state index is -0.407. The van der Waals surface area contributed by atoms with Crippen LogP contribution in [0.3, 0.4) is 0 Å². The van der Waals surface area contributed by atoms with Crippen molar-refractivity contribution in [3.05, 3.63) is 40.3 Å². The number of esters is 1. The Kier molecular flexibility index (Phi) is 6.34. The Bertz CT molecular complexity index is 830. The third kappa shape index (κ3) is 4.42. The van der Waals surface area contributed by atoms with Crippen LogP contribution >= 0.6 is 11.3 Å². The molecule has 0 atom stereocenters. The average molecular weight is 389 g/mol. The number of ether oxygens (including phenoxy) is 3. The quantitative estimate of drug-likeness (QED) is 0.600. The van der Waals surface area contributed by atoms with E-state index in [9.17, 15) is 9.59 Å². The van der Waals surface area contributed by atoms with E-state index in [0.29, 0.717) is 22.1 Å². The Hall–Kier alpha value is -2.54. The molecule has 0 aliphatic heterocycles. The highest BCUT2D eigenvalue weighted by Crippen LogP contribution is 2.38. The van der Waals surface area contributed by atoms with Gasteiger partial charge in [-0.15, -0.1) is 11.3 Å². The molecular formula is C20H23NO5S. The molecule has 0 unspecified atom stereocenters. The lowest BCUT2D eigenvalue weighted by atomic mass is 10.1. The second-order valence-electron chi connectivity index (χ2n) is 6.25. The van der Waals surface area contributed by atoms with Gasteiger partial charge < -0.3 is 19.5 Å². The summed E-state index contributed by atoms with van der Waals surface area (Å²) in [5.74, 6) is 0.312. The van der Waals surface area contributed by atoms with Crippen LogP contribution in [0, 0.1) is 0 Å². The van der Waals surface area contributed by atoms with Crippen molar-refractivity contribution >= 4 is 28.2 Å². The Morgan fingerprint density at radius 2 is 1.81 bits per heavy atom. The number of thiophene rings is 1. The van der Waals surface area contributed by atoms with Gasteiger partial charge in [0.2, 0.25) is 0 Å². The third-order valence-electron chi connectivity index (χ3n) is 4.49. The van der Waals surface area contributed by atoms with E-state index in [2.05, 4.69) is 5.32 Å². The summed E-state index contributed by atoms with van der Waals surface area (Å²) >= 11 is 1.46. The lowest BCUT2D eigenvalue weighted by Crippen LogP contribution is -2.21. The van der Waals surface area contributed by atoms with Crippen LogP contribution in [0.4, 0.5) is 5.00 Å². The van der Waals surface area contributed by atoms with Gasteiger partial charge in [0.25, 0.3) is 5.91 Å². The number of amides is 1. The van der Waals surface area contributed by atoms with Gasteiger partial charge in [0.1, 0.15) is 5.00 Å². The fraction of sp³-hybridized carbons (Fsp3) is 0.400. The molecule has 0 fully saturated rings. The van der Waals surface area contributed by atoms with Gasteiger partial charge in [0.15, 0.2) is 18.1 Å². The molecule has 1 N–H and O–H groups in total. The van der Waals surface area contributed by atoms with E-state index in [1.165, 1.54) is 18.4 Å². The molecule has 1 aromatic carbocycles. The van der Waals surface area contributed by atoms with Crippen molar-refractivity contribution in [1.29, 1.82) is 0 Å². The second kappa shape index (κ2) is 8.90. The summed E-state index contributed by atoms with van der Waals surface area (Å²) in [4.78, 5) is 25.9. The number of methoxy groups -OCH3 is 2. The van der Waals surface area contributed by atoms with Gasteiger partial charge >= 0.3 is 5.97 Å². The van der Waals surface area contributed by atoms with Crippen molar-refractivity contribution in [2.24, 2.45) is 0 Å². The summed E-state index contributed by atoms with van der Waals surface area (Å²) in [5.41, 5.74) is 1.51. The van der Waals surface area contributed by atoms with Crippen LogP contribution in [0.25, 0.3) is 0 Å². The zero-order valence-corrected chi connectivity index (χ0v) is 16.3. The molecule has 1 amide bonds. The Labute approximate surface area is 162 Å². The molecule has 1 heterocycles. The molecule has 0 spiro atoms. The van der Waals surface area contributed by atoms with E-state index in [0.717, 1.165) is 42.5 Å². The highest BCUT2D eigenvalue weighted by Gasteiger charge is 2.26. The number of carbonyl (C=O) groups excluding carboxylic acids is 2. The number of anilines is 1. The van der Waals surface area contributed by atoms with E-state index in [-0.39, 0.29) is 12.5 Å². The molecule has 144 valence electrons. The first kappa shape index (κ1) is 19.2. The molecule has 27 heavy (non-hydrogen) atoms. The van der Waals surface area contributed by atoms with E-state index >= 15 is 0 Å². The largest absolute Gasteiger partial charge is 0.493 e. The van der Waals surface area contributed by atoms with Crippen molar-refractivity contribution < 1.29 is 23.8 Å². The van der Waals surface area contributed by atoms with Crippen molar-refractivity contribution in [2.45, 2.75) is 32.1 Å². The molecule has 0 bridgehead atoms. The molecule has 7 heteroatoms. The summed E-state index contributed by atoms with van der Waals surface area (Å²) < 4.78 is 15.7. The van der Waals surface area contributed by atoms with Gasteiger partial charge in [-0.05, 0) is 43.4 Å². The fourth-order valence-electron chi connectivity index (χ4n) is 3.19. The van der Waals surface area contributed by atoms with Crippen LogP contribution in [0.2, 0.25) is 0 Å². The highest BCUT2D eigenvalue weighted by molar-refractivity contribution is 7.17. The molecule has 0 radical (unpaired) electrons. The van der Waals surface area contributed by atoms with Crippen LogP contribution in [0.1, 0.15) is 40.1 Å². The maximum absolute atomic E-state index is 12.4. The lowest BCUT2D eigenvalue weighted by molar-refractivity contribution is -0.118. The van der Waals surface area contributed by atoms with Gasteiger partial charge in [0.05, 0.1) is 19.8 Å². The summed E-state index contributed by atoms with van der Waals surface area (Å²) in [6, 6.07) is 7.13. The smallest absolute Gasteiger partial charge is 0.341 e. The SMILES string of the molecule is COC(=O)c1c(NC(=O)COc2ccccc2OC)sc2c1CCCCC2. The number of hydrogen-bond donors (Lipinski definition) is 1. The molecule has 1 aliphatic rings. The Morgan fingerprint density at radius 1 is 1.07 bits per heavy atom. The predicted molar refractivity (Wildman–Crippen MR) is 104 cm³/mol.